The first-order valence-corrected chi connectivity index (χ1v) is 7.99. The average molecular weight is 405 g/mol. The van der Waals surface area contributed by atoms with Crippen molar-refractivity contribution in [3.8, 4) is 0 Å². The lowest BCUT2D eigenvalue weighted by Crippen LogP contribution is -2.24. The Morgan fingerprint density at radius 1 is 1.00 bits per heavy atom. The Bertz CT molecular complexity index is 862. The second kappa shape index (κ2) is 8.45. The van der Waals surface area contributed by atoms with Crippen molar-refractivity contribution in [2.24, 2.45) is 5.92 Å². The van der Waals surface area contributed by atoms with E-state index in [4.69, 9.17) is 0 Å². The summed E-state index contributed by atoms with van der Waals surface area (Å²) in [4.78, 5) is 12.0. The molecule has 0 aliphatic heterocycles. The highest BCUT2D eigenvalue weighted by Gasteiger charge is 2.42. The summed E-state index contributed by atoms with van der Waals surface area (Å²) < 4.78 is 92.5. The van der Waals surface area contributed by atoms with E-state index in [1.807, 2.05) is 0 Å². The molecule has 2 nitrogen and oxygen atoms in total. The van der Waals surface area contributed by atoms with E-state index < -0.39 is 52.5 Å². The normalized spacial score (nSPS) is 13.0. The Hall–Kier alpha value is -2.84. The maximum atomic E-state index is 13.8. The Labute approximate surface area is 155 Å². The number of hydrogen-bond acceptors (Lipinski definition) is 1. The molecule has 1 N–H and O–H groups in total. The summed E-state index contributed by atoms with van der Waals surface area (Å²) in [6.07, 6.45) is -2.26. The quantitative estimate of drug-likeness (QED) is 0.484. The Morgan fingerprint density at radius 3 is 2.04 bits per heavy atom. The summed E-state index contributed by atoms with van der Waals surface area (Å²) in [6.45, 7) is 1.37. The van der Waals surface area contributed by atoms with Gasteiger partial charge in [-0.15, -0.1) is 0 Å². The monoisotopic (exact) mass is 405 g/mol. The van der Waals surface area contributed by atoms with E-state index in [0.717, 1.165) is 5.56 Å². The van der Waals surface area contributed by atoms with Crippen molar-refractivity contribution in [3.63, 3.8) is 0 Å². The third-order valence-corrected chi connectivity index (χ3v) is 3.84. The smallest absolute Gasteiger partial charge is 0.321 e. The van der Waals surface area contributed by atoms with Crippen molar-refractivity contribution in [1.29, 1.82) is 0 Å². The molecule has 1 atom stereocenters. The van der Waals surface area contributed by atoms with Gasteiger partial charge in [0.2, 0.25) is 5.91 Å². The number of anilines is 1. The van der Waals surface area contributed by atoms with Crippen LogP contribution in [0.4, 0.5) is 36.4 Å². The zero-order valence-corrected chi connectivity index (χ0v) is 14.4. The molecule has 0 radical (unpaired) electrons. The van der Waals surface area contributed by atoms with Crippen LogP contribution in [-0.4, -0.2) is 5.91 Å². The molecule has 0 saturated heterocycles. The third-order valence-electron chi connectivity index (χ3n) is 3.84. The second-order valence-corrected chi connectivity index (χ2v) is 5.94. The van der Waals surface area contributed by atoms with Crippen molar-refractivity contribution in [1.82, 2.24) is 0 Å². The number of carbonyl (C=O) groups excluding carboxylic acids is 1. The average Bonchev–Trinajstić information content (AvgIpc) is 2.63. The van der Waals surface area contributed by atoms with Gasteiger partial charge in [0.25, 0.3) is 0 Å². The molecule has 2 aromatic rings. The van der Waals surface area contributed by atoms with Crippen LogP contribution in [0.5, 0.6) is 0 Å². The van der Waals surface area contributed by atoms with Gasteiger partial charge in [-0.2, -0.15) is 13.2 Å². The standard InChI is InChI=1S/C19H14F7NO/c1-10(6-5-9-11-7-3-2-4-8-11)18(28)27-17-15(22)13(20)12(19(24,25)26)14(21)16(17)23/h2-5,7-10H,6H2,1H3,(H,27,28)/b9-5+/t10-/m0/s1. The summed E-state index contributed by atoms with van der Waals surface area (Å²) in [5.41, 5.74) is -3.47. The van der Waals surface area contributed by atoms with Crippen molar-refractivity contribution >= 4 is 17.7 Å². The zero-order chi connectivity index (χ0) is 21.1. The molecule has 2 rings (SSSR count). The van der Waals surface area contributed by atoms with Crippen LogP contribution in [-0.2, 0) is 11.0 Å². The van der Waals surface area contributed by atoms with Crippen LogP contribution < -0.4 is 5.32 Å². The molecule has 0 spiro atoms. The first-order valence-electron chi connectivity index (χ1n) is 7.99. The molecule has 2 aromatic carbocycles. The SMILES string of the molecule is C[C@@H](C/C=C/c1ccccc1)C(=O)Nc1c(F)c(F)c(C(F)(F)F)c(F)c1F. The number of nitrogens with one attached hydrogen (secondary N) is 1. The van der Waals surface area contributed by atoms with Gasteiger partial charge in [0.15, 0.2) is 23.3 Å². The molecular formula is C19H14F7NO. The number of allylic oxidation sites excluding steroid dienone is 1. The van der Waals surface area contributed by atoms with E-state index in [9.17, 15) is 35.5 Å². The van der Waals surface area contributed by atoms with Crippen LogP contribution in [0.2, 0.25) is 0 Å². The van der Waals surface area contributed by atoms with Gasteiger partial charge in [-0.1, -0.05) is 49.4 Å². The molecule has 0 aromatic heterocycles. The third kappa shape index (κ3) is 4.71. The van der Waals surface area contributed by atoms with Gasteiger partial charge in [-0.25, -0.2) is 17.6 Å². The van der Waals surface area contributed by atoms with E-state index in [-0.39, 0.29) is 6.42 Å². The first kappa shape index (κ1) is 21.5. The lowest BCUT2D eigenvalue weighted by atomic mass is 10.0. The minimum atomic E-state index is -5.64. The topological polar surface area (TPSA) is 29.1 Å². The summed E-state index contributed by atoms with van der Waals surface area (Å²) in [5.74, 6) is -11.8. The highest BCUT2D eigenvalue weighted by molar-refractivity contribution is 5.92. The number of benzene rings is 2. The molecular weight excluding hydrogens is 391 g/mol. The number of amides is 1. The summed E-state index contributed by atoms with van der Waals surface area (Å²) >= 11 is 0. The lowest BCUT2D eigenvalue weighted by molar-refractivity contribution is -0.143. The van der Waals surface area contributed by atoms with E-state index in [2.05, 4.69) is 0 Å². The van der Waals surface area contributed by atoms with Crippen LogP contribution in [0.25, 0.3) is 6.08 Å². The number of alkyl halides is 3. The predicted molar refractivity (Wildman–Crippen MR) is 89.2 cm³/mol. The highest BCUT2D eigenvalue weighted by atomic mass is 19.4. The fourth-order valence-corrected chi connectivity index (χ4v) is 2.32. The van der Waals surface area contributed by atoms with Gasteiger partial charge < -0.3 is 5.32 Å². The maximum Gasteiger partial charge on any atom is 0.422 e. The summed E-state index contributed by atoms with van der Waals surface area (Å²) in [6, 6.07) is 8.96. The molecule has 28 heavy (non-hydrogen) atoms. The lowest BCUT2D eigenvalue weighted by Gasteiger charge is -2.16. The van der Waals surface area contributed by atoms with Gasteiger partial charge in [-0.05, 0) is 12.0 Å². The molecule has 0 aliphatic carbocycles. The fourth-order valence-electron chi connectivity index (χ4n) is 2.32. The Morgan fingerprint density at radius 2 is 1.54 bits per heavy atom. The predicted octanol–water partition coefficient (Wildman–Crippen LogP) is 5.94. The Kier molecular flexibility index (Phi) is 6.48. The maximum absolute atomic E-state index is 13.8. The van der Waals surface area contributed by atoms with E-state index in [0.29, 0.717) is 0 Å². The van der Waals surface area contributed by atoms with Crippen LogP contribution in [0.3, 0.4) is 0 Å². The van der Waals surface area contributed by atoms with Gasteiger partial charge in [0, 0.05) is 5.92 Å². The molecule has 1 amide bonds. The van der Waals surface area contributed by atoms with Crippen molar-refractivity contribution in [3.05, 3.63) is 70.8 Å². The van der Waals surface area contributed by atoms with Gasteiger partial charge in [0.1, 0.15) is 11.3 Å². The number of carbonyl (C=O) groups is 1. The van der Waals surface area contributed by atoms with Gasteiger partial charge in [-0.3, -0.25) is 4.79 Å². The van der Waals surface area contributed by atoms with Crippen molar-refractivity contribution < 1.29 is 35.5 Å². The van der Waals surface area contributed by atoms with Gasteiger partial charge in [0.05, 0.1) is 0 Å². The van der Waals surface area contributed by atoms with Crippen molar-refractivity contribution in [2.75, 3.05) is 5.32 Å². The van der Waals surface area contributed by atoms with E-state index in [1.165, 1.54) is 6.92 Å². The van der Waals surface area contributed by atoms with Crippen LogP contribution in [0.1, 0.15) is 24.5 Å². The zero-order valence-electron chi connectivity index (χ0n) is 14.4. The minimum Gasteiger partial charge on any atom is -0.321 e. The number of rotatable bonds is 5. The molecule has 0 heterocycles. The van der Waals surface area contributed by atoms with E-state index >= 15 is 0 Å². The van der Waals surface area contributed by atoms with Gasteiger partial charge >= 0.3 is 6.18 Å². The fraction of sp³-hybridized carbons (Fsp3) is 0.211. The molecule has 0 fully saturated rings. The first-order chi connectivity index (χ1) is 13.0. The highest BCUT2D eigenvalue weighted by Crippen LogP contribution is 2.38. The van der Waals surface area contributed by atoms with Crippen LogP contribution in [0.15, 0.2) is 36.4 Å². The number of hydrogen-bond donors (Lipinski definition) is 1. The van der Waals surface area contributed by atoms with Crippen LogP contribution >= 0.6 is 0 Å². The molecule has 0 bridgehead atoms. The Balaban J connectivity index is 2.18. The molecule has 0 aliphatic rings. The molecule has 150 valence electrons. The minimum absolute atomic E-state index is 0.107. The molecule has 9 heteroatoms. The summed E-state index contributed by atoms with van der Waals surface area (Å²) in [5, 5.41) is 1.62. The molecule has 0 saturated carbocycles. The molecule has 0 unspecified atom stereocenters. The number of halogens is 7. The summed E-state index contributed by atoms with van der Waals surface area (Å²) in [7, 11) is 0. The van der Waals surface area contributed by atoms with Crippen LogP contribution in [0, 0.1) is 29.2 Å². The second-order valence-electron chi connectivity index (χ2n) is 5.94. The largest absolute Gasteiger partial charge is 0.422 e. The van der Waals surface area contributed by atoms with E-state index in [1.54, 1.807) is 47.8 Å². The van der Waals surface area contributed by atoms with Crippen molar-refractivity contribution in [2.45, 2.75) is 19.5 Å².